The molecule has 0 aliphatic carbocycles. The molecule has 3 heteroatoms. The normalized spacial score (nSPS) is 21.6. The average Bonchev–Trinajstić information content (AvgIpc) is 2.50. The van der Waals surface area contributed by atoms with E-state index in [1.807, 2.05) is 30.1 Å². The Kier molecular flexibility index (Phi) is 3.69. The van der Waals surface area contributed by atoms with Crippen LogP contribution in [0.5, 0.6) is 0 Å². The second-order valence-corrected chi connectivity index (χ2v) is 12.6. The van der Waals surface area contributed by atoms with Crippen molar-refractivity contribution in [2.75, 3.05) is 7.05 Å². The molecule has 0 aromatic heterocycles. The zero-order valence-corrected chi connectivity index (χ0v) is 14.7. The van der Waals surface area contributed by atoms with Crippen molar-refractivity contribution in [2.24, 2.45) is 0 Å². The van der Waals surface area contributed by atoms with E-state index < -0.39 is 8.07 Å². The van der Waals surface area contributed by atoms with Gasteiger partial charge in [0.25, 0.3) is 5.91 Å². The molecule has 1 aliphatic heterocycles. The van der Waals surface area contributed by atoms with E-state index in [9.17, 15) is 4.79 Å². The van der Waals surface area contributed by atoms with Gasteiger partial charge in [0.2, 0.25) is 0 Å². The summed E-state index contributed by atoms with van der Waals surface area (Å²) in [5.41, 5.74) is 3.76. The number of amides is 1. The van der Waals surface area contributed by atoms with E-state index in [1.54, 1.807) is 0 Å². The molecule has 1 heterocycles. The number of nitrogens with zero attached hydrogens (tertiary/aromatic N) is 1. The topological polar surface area (TPSA) is 20.3 Å². The van der Waals surface area contributed by atoms with Crippen LogP contribution in [0.3, 0.4) is 0 Å². The predicted octanol–water partition coefficient (Wildman–Crippen LogP) is 4.47. The van der Waals surface area contributed by atoms with E-state index >= 15 is 0 Å². The predicted molar refractivity (Wildman–Crippen MR) is 93.8 cm³/mol. The summed E-state index contributed by atoms with van der Waals surface area (Å²) >= 11 is 0. The van der Waals surface area contributed by atoms with E-state index in [2.05, 4.69) is 56.0 Å². The minimum absolute atomic E-state index is 0.135. The summed E-state index contributed by atoms with van der Waals surface area (Å²) < 4.78 is 0. The van der Waals surface area contributed by atoms with Crippen LogP contribution in [0.25, 0.3) is 0 Å². The molecule has 1 aliphatic rings. The largest absolute Gasteiger partial charge is 0.334 e. The molecular weight excluding hydrogens is 286 g/mol. The Bertz CT molecular complexity index is 690. The monoisotopic (exact) mass is 309 g/mol. The molecule has 2 atom stereocenters. The van der Waals surface area contributed by atoms with Crippen LogP contribution >= 0.6 is 0 Å². The fourth-order valence-electron chi connectivity index (χ4n) is 3.68. The second kappa shape index (κ2) is 5.40. The number of carbonyl (C=O) groups excluding carboxylic acids is 1. The van der Waals surface area contributed by atoms with Gasteiger partial charge in [-0.15, -0.1) is 0 Å². The lowest BCUT2D eigenvalue weighted by molar-refractivity contribution is 0.0696. The zero-order chi connectivity index (χ0) is 15.9. The first-order valence-corrected chi connectivity index (χ1v) is 11.4. The number of rotatable bonds is 2. The maximum absolute atomic E-state index is 12.8. The van der Waals surface area contributed by atoms with Gasteiger partial charge >= 0.3 is 0 Å². The van der Waals surface area contributed by atoms with Crippen LogP contribution in [0.4, 0.5) is 0 Å². The highest BCUT2D eigenvalue weighted by Crippen LogP contribution is 2.46. The zero-order valence-electron chi connectivity index (χ0n) is 13.7. The number of fused-ring (bicyclic) bond motifs is 1. The third kappa shape index (κ3) is 2.39. The number of benzene rings is 2. The maximum Gasteiger partial charge on any atom is 0.254 e. The van der Waals surface area contributed by atoms with Crippen LogP contribution < -0.4 is 0 Å². The van der Waals surface area contributed by atoms with Crippen molar-refractivity contribution in [2.45, 2.75) is 31.2 Å². The summed E-state index contributed by atoms with van der Waals surface area (Å²) in [7, 11) is 0.429. The molecule has 0 unspecified atom stereocenters. The van der Waals surface area contributed by atoms with Gasteiger partial charge in [-0.05, 0) is 17.2 Å². The first-order valence-electron chi connectivity index (χ1n) is 7.82. The van der Waals surface area contributed by atoms with E-state index in [4.69, 9.17) is 0 Å². The Morgan fingerprint density at radius 1 is 0.909 bits per heavy atom. The standard InChI is InChI=1S/C19H23NOSi/c1-20-17(14-10-6-5-7-11-14)18(22(2,3)4)15-12-8-9-13-16(15)19(20)21/h5-13,17-18H,1-4H3/t17-,18+/m1/s1. The van der Waals surface area contributed by atoms with Gasteiger partial charge in [0.15, 0.2) is 0 Å². The first-order chi connectivity index (χ1) is 10.4. The Hall–Kier alpha value is -1.87. The van der Waals surface area contributed by atoms with E-state index in [1.165, 1.54) is 11.1 Å². The highest BCUT2D eigenvalue weighted by atomic mass is 28.3. The molecule has 1 amide bonds. The quantitative estimate of drug-likeness (QED) is 0.749. The summed E-state index contributed by atoms with van der Waals surface area (Å²) in [5, 5.41) is 0. The van der Waals surface area contributed by atoms with Crippen molar-refractivity contribution in [3.05, 3.63) is 71.3 Å². The number of carbonyl (C=O) groups is 1. The summed E-state index contributed by atoms with van der Waals surface area (Å²) in [4.78, 5) is 14.8. The Morgan fingerprint density at radius 2 is 1.50 bits per heavy atom. The number of hydrogen-bond donors (Lipinski definition) is 0. The molecule has 3 rings (SSSR count). The van der Waals surface area contributed by atoms with Gasteiger partial charge in [-0.25, -0.2) is 0 Å². The van der Waals surface area contributed by atoms with Crippen molar-refractivity contribution in [3.8, 4) is 0 Å². The highest BCUT2D eigenvalue weighted by molar-refractivity contribution is 6.77. The molecule has 0 saturated heterocycles. The Balaban J connectivity index is 2.23. The molecule has 22 heavy (non-hydrogen) atoms. The van der Waals surface area contributed by atoms with Crippen molar-refractivity contribution in [1.82, 2.24) is 4.90 Å². The lowest BCUT2D eigenvalue weighted by Crippen LogP contribution is -2.48. The SMILES string of the molecule is CN1C(=O)c2ccccc2[C@H]([Si](C)(C)C)[C@H]1c1ccccc1. The molecule has 2 nitrogen and oxygen atoms in total. The van der Waals surface area contributed by atoms with Gasteiger partial charge in [0, 0.05) is 18.2 Å². The lowest BCUT2D eigenvalue weighted by atomic mass is 9.89. The van der Waals surface area contributed by atoms with Crippen molar-refractivity contribution in [1.29, 1.82) is 0 Å². The van der Waals surface area contributed by atoms with Gasteiger partial charge in [-0.3, -0.25) is 4.79 Å². The smallest absolute Gasteiger partial charge is 0.254 e. The molecule has 0 fully saturated rings. The molecular formula is C19H23NOSi. The molecule has 2 aromatic carbocycles. The van der Waals surface area contributed by atoms with Crippen LogP contribution in [-0.4, -0.2) is 25.9 Å². The van der Waals surface area contributed by atoms with E-state index in [-0.39, 0.29) is 11.9 Å². The third-order valence-electron chi connectivity index (χ3n) is 4.65. The minimum atomic E-state index is -1.52. The summed E-state index contributed by atoms with van der Waals surface area (Å²) in [6.45, 7) is 7.19. The molecule has 0 N–H and O–H groups in total. The van der Waals surface area contributed by atoms with Gasteiger partial charge in [0.1, 0.15) is 0 Å². The van der Waals surface area contributed by atoms with Crippen LogP contribution in [0, 0.1) is 0 Å². The fraction of sp³-hybridized carbons (Fsp3) is 0.316. The Morgan fingerprint density at radius 3 is 2.14 bits per heavy atom. The van der Waals surface area contributed by atoms with Gasteiger partial charge in [0.05, 0.1) is 14.1 Å². The number of likely N-dealkylation sites (N-methyl/N-ethyl adjacent to an activating group) is 1. The van der Waals surface area contributed by atoms with Crippen LogP contribution in [-0.2, 0) is 0 Å². The van der Waals surface area contributed by atoms with Crippen molar-refractivity contribution >= 4 is 14.0 Å². The molecule has 0 spiro atoms. The average molecular weight is 309 g/mol. The lowest BCUT2D eigenvalue weighted by Gasteiger charge is -2.45. The first kappa shape index (κ1) is 15.0. The van der Waals surface area contributed by atoms with E-state index in [0.29, 0.717) is 5.54 Å². The maximum atomic E-state index is 12.8. The fourth-order valence-corrected chi connectivity index (χ4v) is 6.23. The second-order valence-electron chi connectivity index (χ2n) is 7.20. The summed E-state index contributed by atoms with van der Waals surface area (Å²) in [5.74, 6) is 0.138. The van der Waals surface area contributed by atoms with Crippen LogP contribution in [0.2, 0.25) is 19.6 Å². The highest BCUT2D eigenvalue weighted by Gasteiger charge is 2.44. The third-order valence-corrected chi connectivity index (χ3v) is 7.15. The van der Waals surface area contributed by atoms with Gasteiger partial charge in [-0.1, -0.05) is 68.2 Å². The molecule has 2 aromatic rings. The van der Waals surface area contributed by atoms with Gasteiger partial charge in [-0.2, -0.15) is 0 Å². The minimum Gasteiger partial charge on any atom is -0.334 e. The summed E-state index contributed by atoms with van der Waals surface area (Å²) in [6.07, 6.45) is 0. The van der Waals surface area contributed by atoms with Crippen molar-refractivity contribution in [3.63, 3.8) is 0 Å². The molecule has 0 radical (unpaired) electrons. The molecule has 114 valence electrons. The molecule has 0 bridgehead atoms. The van der Waals surface area contributed by atoms with Crippen LogP contribution in [0.15, 0.2) is 54.6 Å². The van der Waals surface area contributed by atoms with E-state index in [0.717, 1.165) is 5.56 Å². The van der Waals surface area contributed by atoms with Crippen molar-refractivity contribution < 1.29 is 4.79 Å². The molecule has 0 saturated carbocycles. The van der Waals surface area contributed by atoms with Crippen LogP contribution in [0.1, 0.15) is 33.1 Å². The van der Waals surface area contributed by atoms with Gasteiger partial charge < -0.3 is 4.90 Å². The number of hydrogen-bond acceptors (Lipinski definition) is 1. The summed E-state index contributed by atoms with van der Waals surface area (Å²) in [6, 6.07) is 18.8. The Labute approximate surface area is 133 Å².